The van der Waals surface area contributed by atoms with Gasteiger partial charge in [-0.25, -0.2) is 18.1 Å². The Morgan fingerprint density at radius 2 is 2.11 bits per heavy atom. The molecule has 0 aromatic carbocycles. The van der Waals surface area contributed by atoms with E-state index >= 15 is 0 Å². The van der Waals surface area contributed by atoms with Gasteiger partial charge in [-0.05, 0) is 31.9 Å². The Labute approximate surface area is 107 Å². The van der Waals surface area contributed by atoms with E-state index in [1.165, 1.54) is 0 Å². The van der Waals surface area contributed by atoms with E-state index in [4.69, 9.17) is 0 Å². The summed E-state index contributed by atoms with van der Waals surface area (Å²) in [5, 5.41) is 0.117. The maximum Gasteiger partial charge on any atom is 0.260 e. The van der Waals surface area contributed by atoms with Gasteiger partial charge in [0, 0.05) is 12.7 Å². The number of hydrogen-bond acceptors (Lipinski definition) is 3. The molecule has 6 heteroatoms. The van der Waals surface area contributed by atoms with Gasteiger partial charge in [-0.15, -0.1) is 0 Å². The molecule has 0 radical (unpaired) electrons. The minimum Gasteiger partial charge on any atom is -0.302 e. The van der Waals surface area contributed by atoms with Gasteiger partial charge in [0.2, 0.25) is 0 Å². The van der Waals surface area contributed by atoms with Gasteiger partial charge in [0.15, 0.2) is 5.03 Å². The Balaban J connectivity index is 2.65. The summed E-state index contributed by atoms with van der Waals surface area (Å²) in [5.41, 5.74) is 1.55. The molecule has 0 saturated carbocycles. The standard InChI is InChI=1S/C12H17N3O2S/c1-4-7-13-18(16,17)12-11-9(2)6-5-8-15(11)10(3)14-12/h5-6,8,13H,4,7H2,1-3H3. The van der Waals surface area contributed by atoms with Crippen molar-refractivity contribution in [2.24, 2.45) is 0 Å². The topological polar surface area (TPSA) is 63.5 Å². The minimum atomic E-state index is -3.53. The fraction of sp³-hybridized carbons (Fsp3) is 0.417. The first kappa shape index (κ1) is 13.0. The zero-order valence-corrected chi connectivity index (χ0v) is 11.6. The average Bonchev–Trinajstić information content (AvgIpc) is 2.67. The normalized spacial score (nSPS) is 12.2. The molecule has 0 saturated heterocycles. The van der Waals surface area contributed by atoms with E-state index < -0.39 is 10.0 Å². The van der Waals surface area contributed by atoms with Gasteiger partial charge in [-0.2, -0.15) is 0 Å². The Hall–Kier alpha value is -1.40. The van der Waals surface area contributed by atoms with Crippen LogP contribution in [-0.2, 0) is 10.0 Å². The maximum absolute atomic E-state index is 12.2. The van der Waals surface area contributed by atoms with Crippen molar-refractivity contribution < 1.29 is 8.42 Å². The van der Waals surface area contributed by atoms with Gasteiger partial charge in [0.25, 0.3) is 10.0 Å². The number of aryl methyl sites for hydroxylation is 2. The predicted molar refractivity (Wildman–Crippen MR) is 70.1 cm³/mol. The molecule has 98 valence electrons. The van der Waals surface area contributed by atoms with E-state index in [1.54, 1.807) is 11.3 Å². The molecular weight excluding hydrogens is 250 g/mol. The Morgan fingerprint density at radius 1 is 1.39 bits per heavy atom. The third-order valence-corrected chi connectivity index (χ3v) is 4.18. The summed E-state index contributed by atoms with van der Waals surface area (Å²) < 4.78 is 28.7. The van der Waals surface area contributed by atoms with Crippen molar-refractivity contribution >= 4 is 15.5 Å². The van der Waals surface area contributed by atoms with Crippen LogP contribution in [0.4, 0.5) is 0 Å². The molecule has 2 rings (SSSR count). The fourth-order valence-corrected chi connectivity index (χ4v) is 3.28. The van der Waals surface area contributed by atoms with Crippen molar-refractivity contribution in [1.29, 1.82) is 0 Å². The third-order valence-electron chi connectivity index (χ3n) is 2.81. The van der Waals surface area contributed by atoms with Crippen molar-refractivity contribution in [3.63, 3.8) is 0 Å². The lowest BCUT2D eigenvalue weighted by Gasteiger charge is -2.04. The van der Waals surface area contributed by atoms with Crippen molar-refractivity contribution in [2.75, 3.05) is 6.54 Å². The SMILES string of the molecule is CCCNS(=O)(=O)c1nc(C)n2cccc(C)c12. The van der Waals surface area contributed by atoms with Crippen LogP contribution in [0.25, 0.3) is 5.52 Å². The zero-order chi connectivity index (χ0) is 13.3. The molecule has 0 amide bonds. The van der Waals surface area contributed by atoms with Crippen LogP contribution in [0.5, 0.6) is 0 Å². The number of pyridine rings is 1. The molecule has 0 unspecified atom stereocenters. The molecule has 5 nitrogen and oxygen atoms in total. The number of nitrogens with zero attached hydrogens (tertiary/aromatic N) is 2. The quantitative estimate of drug-likeness (QED) is 0.916. The summed E-state index contributed by atoms with van der Waals surface area (Å²) in [7, 11) is -3.53. The molecule has 2 aromatic heterocycles. The Morgan fingerprint density at radius 3 is 2.78 bits per heavy atom. The highest BCUT2D eigenvalue weighted by Crippen LogP contribution is 2.21. The van der Waals surface area contributed by atoms with Crippen LogP contribution in [0.3, 0.4) is 0 Å². The number of rotatable bonds is 4. The molecule has 0 atom stereocenters. The van der Waals surface area contributed by atoms with Gasteiger partial charge in [-0.1, -0.05) is 13.0 Å². The number of fused-ring (bicyclic) bond motifs is 1. The molecular formula is C12H17N3O2S. The van der Waals surface area contributed by atoms with E-state index in [1.807, 2.05) is 32.2 Å². The summed E-state index contributed by atoms with van der Waals surface area (Å²) >= 11 is 0. The van der Waals surface area contributed by atoms with Gasteiger partial charge >= 0.3 is 0 Å². The lowest BCUT2D eigenvalue weighted by molar-refractivity contribution is 0.578. The first-order valence-corrected chi connectivity index (χ1v) is 7.39. The van der Waals surface area contributed by atoms with Crippen LogP contribution in [0.15, 0.2) is 23.4 Å². The molecule has 0 bridgehead atoms. The first-order chi connectivity index (χ1) is 8.47. The van der Waals surface area contributed by atoms with Crippen molar-refractivity contribution in [2.45, 2.75) is 32.2 Å². The molecule has 0 fully saturated rings. The molecule has 0 aliphatic rings. The highest BCUT2D eigenvalue weighted by molar-refractivity contribution is 7.89. The highest BCUT2D eigenvalue weighted by atomic mass is 32.2. The fourth-order valence-electron chi connectivity index (χ4n) is 1.90. The minimum absolute atomic E-state index is 0.117. The number of imidazole rings is 1. The summed E-state index contributed by atoms with van der Waals surface area (Å²) in [5.74, 6) is 0.672. The predicted octanol–water partition coefficient (Wildman–Crippen LogP) is 1.64. The molecule has 2 heterocycles. The first-order valence-electron chi connectivity index (χ1n) is 5.91. The second kappa shape index (κ2) is 4.70. The van der Waals surface area contributed by atoms with Gasteiger partial charge in [-0.3, -0.25) is 0 Å². The van der Waals surface area contributed by atoms with E-state index in [0.29, 0.717) is 17.9 Å². The molecule has 0 aliphatic carbocycles. The van der Waals surface area contributed by atoms with Crippen molar-refractivity contribution in [1.82, 2.24) is 14.1 Å². The van der Waals surface area contributed by atoms with E-state index in [0.717, 1.165) is 12.0 Å². The number of nitrogens with one attached hydrogen (secondary N) is 1. The summed E-state index contributed by atoms with van der Waals surface area (Å²) in [6.45, 7) is 6.02. The molecule has 18 heavy (non-hydrogen) atoms. The maximum atomic E-state index is 12.2. The second-order valence-corrected chi connectivity index (χ2v) is 5.95. The number of aromatic nitrogens is 2. The van der Waals surface area contributed by atoms with Crippen LogP contribution in [0.2, 0.25) is 0 Å². The van der Waals surface area contributed by atoms with Crippen LogP contribution < -0.4 is 4.72 Å². The van der Waals surface area contributed by atoms with Crippen molar-refractivity contribution in [3.8, 4) is 0 Å². The van der Waals surface area contributed by atoms with Crippen LogP contribution in [0.1, 0.15) is 24.7 Å². The van der Waals surface area contributed by atoms with Crippen LogP contribution >= 0.6 is 0 Å². The Bertz CT molecular complexity index is 674. The van der Waals surface area contributed by atoms with Crippen LogP contribution in [-0.4, -0.2) is 24.3 Å². The lowest BCUT2D eigenvalue weighted by atomic mass is 10.3. The Kier molecular flexibility index (Phi) is 3.41. The van der Waals surface area contributed by atoms with Gasteiger partial charge in [0.1, 0.15) is 5.82 Å². The van der Waals surface area contributed by atoms with Gasteiger partial charge in [0.05, 0.1) is 5.52 Å². The van der Waals surface area contributed by atoms with E-state index in [-0.39, 0.29) is 5.03 Å². The molecule has 2 aromatic rings. The van der Waals surface area contributed by atoms with Crippen molar-refractivity contribution in [3.05, 3.63) is 29.7 Å². The molecule has 0 spiro atoms. The smallest absolute Gasteiger partial charge is 0.260 e. The monoisotopic (exact) mass is 267 g/mol. The summed E-state index contributed by atoms with van der Waals surface area (Å²) in [6, 6.07) is 3.77. The number of sulfonamides is 1. The largest absolute Gasteiger partial charge is 0.302 e. The third kappa shape index (κ3) is 2.13. The van der Waals surface area contributed by atoms with Crippen LogP contribution in [0, 0.1) is 13.8 Å². The van der Waals surface area contributed by atoms with E-state index in [9.17, 15) is 8.42 Å². The highest BCUT2D eigenvalue weighted by Gasteiger charge is 2.22. The summed E-state index contributed by atoms with van der Waals surface area (Å²) in [4.78, 5) is 4.19. The van der Waals surface area contributed by atoms with E-state index in [2.05, 4.69) is 9.71 Å². The average molecular weight is 267 g/mol. The second-order valence-electron chi connectivity index (χ2n) is 4.27. The lowest BCUT2D eigenvalue weighted by Crippen LogP contribution is -2.25. The van der Waals surface area contributed by atoms with Gasteiger partial charge < -0.3 is 4.40 Å². The summed E-state index contributed by atoms with van der Waals surface area (Å²) in [6.07, 6.45) is 2.58. The number of hydrogen-bond donors (Lipinski definition) is 1. The molecule has 0 aliphatic heterocycles. The zero-order valence-electron chi connectivity index (χ0n) is 10.8. The molecule has 1 N–H and O–H groups in total.